The molecule has 24 heavy (non-hydrogen) atoms. The van der Waals surface area contributed by atoms with Gasteiger partial charge in [0.05, 0.1) is 11.7 Å². The van der Waals surface area contributed by atoms with Crippen molar-refractivity contribution in [2.45, 2.75) is 19.4 Å². The van der Waals surface area contributed by atoms with Crippen LogP contribution in [0.4, 0.5) is 10.3 Å². The molecule has 8 heteroatoms. The van der Waals surface area contributed by atoms with E-state index >= 15 is 0 Å². The largest absolute Gasteiger partial charge is 0.344 e. The minimum absolute atomic E-state index is 0.288. The Balaban J connectivity index is 1.81. The van der Waals surface area contributed by atoms with Gasteiger partial charge in [-0.05, 0) is 26.0 Å². The van der Waals surface area contributed by atoms with Crippen LogP contribution in [0.15, 0.2) is 36.9 Å². The summed E-state index contributed by atoms with van der Waals surface area (Å²) >= 11 is 1.27. The van der Waals surface area contributed by atoms with Crippen LogP contribution in [0.2, 0.25) is 0 Å². The predicted octanol–water partition coefficient (Wildman–Crippen LogP) is 3.35. The maximum atomic E-state index is 13.9. The Morgan fingerprint density at radius 1 is 1.17 bits per heavy atom. The molecule has 6 nitrogen and oxygen atoms in total. The number of nitriles is 1. The predicted molar refractivity (Wildman–Crippen MR) is 88.7 cm³/mol. The van der Waals surface area contributed by atoms with Crippen molar-refractivity contribution in [1.82, 2.24) is 19.9 Å². The van der Waals surface area contributed by atoms with Crippen molar-refractivity contribution < 1.29 is 4.39 Å². The molecule has 0 aromatic carbocycles. The van der Waals surface area contributed by atoms with Crippen molar-refractivity contribution in [2.24, 2.45) is 0 Å². The number of anilines is 1. The van der Waals surface area contributed by atoms with Crippen LogP contribution in [-0.2, 0) is 5.54 Å². The molecule has 0 bridgehead atoms. The SMILES string of the molecule is CC(C)(Nc1ncc(-c2ncc(C#N)s2)cn1)c1ncccc1F. The van der Waals surface area contributed by atoms with E-state index in [-0.39, 0.29) is 5.69 Å². The van der Waals surface area contributed by atoms with E-state index in [1.165, 1.54) is 23.6 Å². The third kappa shape index (κ3) is 3.21. The van der Waals surface area contributed by atoms with Gasteiger partial charge in [-0.25, -0.2) is 19.3 Å². The first-order valence-electron chi connectivity index (χ1n) is 7.07. The van der Waals surface area contributed by atoms with Crippen LogP contribution in [-0.4, -0.2) is 19.9 Å². The highest BCUT2D eigenvalue weighted by Crippen LogP contribution is 2.26. The number of nitrogens with one attached hydrogen (secondary N) is 1. The fourth-order valence-corrected chi connectivity index (χ4v) is 2.83. The number of hydrogen-bond acceptors (Lipinski definition) is 7. The Labute approximate surface area is 142 Å². The molecule has 0 unspecified atom stereocenters. The van der Waals surface area contributed by atoms with Gasteiger partial charge < -0.3 is 5.32 Å². The van der Waals surface area contributed by atoms with Gasteiger partial charge in [-0.1, -0.05) is 0 Å². The second-order valence-corrected chi connectivity index (χ2v) is 6.55. The Morgan fingerprint density at radius 3 is 2.54 bits per heavy atom. The molecule has 0 amide bonds. The fraction of sp³-hybridized carbons (Fsp3) is 0.188. The highest BCUT2D eigenvalue weighted by atomic mass is 32.1. The smallest absolute Gasteiger partial charge is 0.223 e. The number of nitrogens with zero attached hydrogens (tertiary/aromatic N) is 5. The molecule has 0 fully saturated rings. The maximum Gasteiger partial charge on any atom is 0.223 e. The third-order valence-corrected chi connectivity index (χ3v) is 4.24. The third-order valence-electron chi connectivity index (χ3n) is 3.29. The number of rotatable bonds is 4. The number of hydrogen-bond donors (Lipinski definition) is 1. The van der Waals surface area contributed by atoms with E-state index in [2.05, 4.69) is 25.3 Å². The molecule has 0 aliphatic rings. The number of pyridine rings is 1. The first kappa shape index (κ1) is 16.0. The van der Waals surface area contributed by atoms with Gasteiger partial charge in [0, 0.05) is 24.2 Å². The Hall–Kier alpha value is -2.92. The summed E-state index contributed by atoms with van der Waals surface area (Å²) < 4.78 is 13.9. The summed E-state index contributed by atoms with van der Waals surface area (Å²) in [4.78, 5) is 17.3. The van der Waals surface area contributed by atoms with Gasteiger partial charge in [-0.3, -0.25) is 4.98 Å². The van der Waals surface area contributed by atoms with Crippen LogP contribution < -0.4 is 5.32 Å². The summed E-state index contributed by atoms with van der Waals surface area (Å²) in [6.45, 7) is 3.60. The molecule has 0 aliphatic heterocycles. The Morgan fingerprint density at radius 2 is 1.92 bits per heavy atom. The first-order valence-corrected chi connectivity index (χ1v) is 7.89. The second kappa shape index (κ2) is 6.29. The molecule has 3 aromatic heterocycles. The lowest BCUT2D eigenvalue weighted by molar-refractivity contribution is 0.510. The van der Waals surface area contributed by atoms with Gasteiger partial charge >= 0.3 is 0 Å². The summed E-state index contributed by atoms with van der Waals surface area (Å²) in [6.07, 6.45) is 6.28. The van der Waals surface area contributed by atoms with Crippen LogP contribution in [0.3, 0.4) is 0 Å². The zero-order valence-corrected chi connectivity index (χ0v) is 13.8. The summed E-state index contributed by atoms with van der Waals surface area (Å²) in [6, 6.07) is 4.95. The second-order valence-electron chi connectivity index (χ2n) is 5.52. The zero-order valence-electron chi connectivity index (χ0n) is 13.0. The highest BCUT2D eigenvalue weighted by Gasteiger charge is 2.26. The van der Waals surface area contributed by atoms with Gasteiger partial charge in [-0.15, -0.1) is 11.3 Å². The van der Waals surface area contributed by atoms with E-state index < -0.39 is 11.4 Å². The van der Waals surface area contributed by atoms with Gasteiger partial charge in [0.2, 0.25) is 5.95 Å². The Kier molecular flexibility index (Phi) is 4.18. The van der Waals surface area contributed by atoms with E-state index in [0.29, 0.717) is 21.4 Å². The summed E-state index contributed by atoms with van der Waals surface area (Å²) in [5.41, 5.74) is 0.229. The lowest BCUT2D eigenvalue weighted by atomic mass is 9.99. The number of halogens is 1. The van der Waals surface area contributed by atoms with E-state index in [4.69, 9.17) is 5.26 Å². The normalized spacial score (nSPS) is 11.1. The van der Waals surface area contributed by atoms with Crippen molar-refractivity contribution >= 4 is 17.3 Å². The first-order chi connectivity index (χ1) is 11.5. The van der Waals surface area contributed by atoms with Crippen LogP contribution in [0, 0.1) is 17.1 Å². The van der Waals surface area contributed by atoms with Crippen molar-refractivity contribution in [3.63, 3.8) is 0 Å². The maximum absolute atomic E-state index is 13.9. The van der Waals surface area contributed by atoms with E-state index in [0.717, 1.165) is 0 Å². The van der Waals surface area contributed by atoms with Gasteiger partial charge in [-0.2, -0.15) is 5.26 Å². The molecule has 0 radical (unpaired) electrons. The molecule has 1 N–H and O–H groups in total. The monoisotopic (exact) mass is 340 g/mol. The van der Waals surface area contributed by atoms with Gasteiger partial charge in [0.1, 0.15) is 27.5 Å². The van der Waals surface area contributed by atoms with E-state index in [9.17, 15) is 4.39 Å². The highest BCUT2D eigenvalue weighted by molar-refractivity contribution is 7.15. The van der Waals surface area contributed by atoms with E-state index in [1.54, 1.807) is 38.5 Å². The summed E-state index contributed by atoms with van der Waals surface area (Å²) in [7, 11) is 0. The standard InChI is InChI=1S/C16H13FN6S/c1-16(2,13-12(17)4-3-5-19-13)23-15-21-7-10(8-22-15)14-20-9-11(6-18)24-14/h3-5,7-9H,1-2H3,(H,21,22,23). The van der Waals surface area contributed by atoms with E-state index in [1.807, 2.05) is 6.07 Å². The van der Waals surface area contributed by atoms with Crippen molar-refractivity contribution in [3.8, 4) is 16.6 Å². The van der Waals surface area contributed by atoms with Crippen molar-refractivity contribution in [1.29, 1.82) is 5.26 Å². The molecule has 120 valence electrons. The molecule has 0 saturated carbocycles. The molecule has 3 rings (SSSR count). The quantitative estimate of drug-likeness (QED) is 0.783. The molecular weight excluding hydrogens is 327 g/mol. The van der Waals surface area contributed by atoms with Crippen LogP contribution >= 0.6 is 11.3 Å². The fourth-order valence-electron chi connectivity index (χ4n) is 2.15. The van der Waals surface area contributed by atoms with Crippen LogP contribution in [0.1, 0.15) is 24.4 Å². The minimum Gasteiger partial charge on any atom is -0.344 e. The average molecular weight is 340 g/mol. The molecule has 0 spiro atoms. The lowest BCUT2D eigenvalue weighted by Gasteiger charge is -2.25. The number of thiazole rings is 1. The van der Waals surface area contributed by atoms with Gasteiger partial charge in [0.15, 0.2) is 0 Å². The Bertz CT molecular complexity index is 897. The molecular formula is C16H13FN6S. The van der Waals surface area contributed by atoms with Crippen LogP contribution in [0.5, 0.6) is 0 Å². The molecule has 3 heterocycles. The lowest BCUT2D eigenvalue weighted by Crippen LogP contribution is -2.31. The summed E-state index contributed by atoms with van der Waals surface area (Å²) in [5, 5.41) is 12.6. The van der Waals surface area contributed by atoms with Crippen molar-refractivity contribution in [3.05, 3.63) is 53.3 Å². The topological polar surface area (TPSA) is 87.4 Å². The molecule has 0 saturated heterocycles. The molecule has 0 atom stereocenters. The van der Waals surface area contributed by atoms with Crippen LogP contribution in [0.25, 0.3) is 10.6 Å². The molecule has 3 aromatic rings. The van der Waals surface area contributed by atoms with Crippen molar-refractivity contribution in [2.75, 3.05) is 5.32 Å². The van der Waals surface area contributed by atoms with Gasteiger partial charge in [0.25, 0.3) is 0 Å². The molecule has 0 aliphatic carbocycles. The minimum atomic E-state index is -0.776. The zero-order chi connectivity index (χ0) is 17.2. The average Bonchev–Trinajstić information content (AvgIpc) is 3.04. The number of aromatic nitrogens is 4. The summed E-state index contributed by atoms with van der Waals surface area (Å²) in [5.74, 6) is -0.0377.